The molecular formula is C18H18N7O3S4+. The van der Waals surface area contributed by atoms with Crippen molar-refractivity contribution in [3.63, 3.8) is 0 Å². The molecule has 0 saturated carbocycles. The standard InChI is InChI=1S/C18H17N7O3S4/c1-4-29-17-23-22-16(32-17)19-10(26)8-31-14-11-13(24(2)18(28)25(3)15(11)27)20-12(21-14)9-6-5-7-30-9/h5-7,11H,4,8H2,1-3H3/p+1. The van der Waals surface area contributed by atoms with Crippen molar-refractivity contribution < 1.29 is 19.0 Å². The van der Waals surface area contributed by atoms with Crippen LogP contribution < -0.4 is 5.32 Å². The molecule has 2 aliphatic rings. The summed E-state index contributed by atoms with van der Waals surface area (Å²) in [5.41, 5.74) is 0. The normalized spacial score (nSPS) is 18.5. The van der Waals surface area contributed by atoms with Crippen molar-refractivity contribution in [2.24, 2.45) is 15.9 Å². The van der Waals surface area contributed by atoms with Gasteiger partial charge in [-0.15, -0.1) is 21.5 Å². The maximum atomic E-state index is 12.9. The van der Waals surface area contributed by atoms with E-state index in [9.17, 15) is 14.4 Å². The van der Waals surface area contributed by atoms with Crippen LogP contribution in [-0.2, 0) is 9.59 Å². The lowest BCUT2D eigenvalue weighted by atomic mass is 10.0. The summed E-state index contributed by atoms with van der Waals surface area (Å²) in [4.78, 5) is 48.8. The molecule has 1 atom stereocenters. The van der Waals surface area contributed by atoms with Gasteiger partial charge in [0, 0.05) is 0 Å². The van der Waals surface area contributed by atoms with Gasteiger partial charge in [-0.25, -0.2) is 9.79 Å². The molecular weight excluding hydrogens is 491 g/mol. The summed E-state index contributed by atoms with van der Waals surface area (Å²) in [7, 11) is 3.00. The van der Waals surface area contributed by atoms with Crippen molar-refractivity contribution >= 4 is 85.9 Å². The molecule has 0 fully saturated rings. The molecule has 0 aliphatic carbocycles. The molecule has 14 heteroatoms. The molecule has 2 aliphatic heterocycles. The number of nitrogens with one attached hydrogen (secondary N) is 1. The smallest absolute Gasteiger partial charge is 0.300 e. The number of amides is 4. The molecule has 0 saturated heterocycles. The summed E-state index contributed by atoms with van der Waals surface area (Å²) in [6.07, 6.45) is 0. The van der Waals surface area contributed by atoms with Crippen molar-refractivity contribution in [3.05, 3.63) is 22.4 Å². The predicted octanol–water partition coefficient (Wildman–Crippen LogP) is 2.49. The first-order chi connectivity index (χ1) is 15.4. The summed E-state index contributed by atoms with van der Waals surface area (Å²) in [6, 6.07) is 3.27. The van der Waals surface area contributed by atoms with Gasteiger partial charge in [-0.1, -0.05) is 52.8 Å². The molecule has 32 heavy (non-hydrogen) atoms. The van der Waals surface area contributed by atoms with E-state index in [-0.39, 0.29) is 11.7 Å². The van der Waals surface area contributed by atoms with Crippen molar-refractivity contribution in [2.75, 3.05) is 30.9 Å². The molecule has 0 bridgehead atoms. The molecule has 4 amide bonds. The largest absolute Gasteiger partial charge is 0.445 e. The van der Waals surface area contributed by atoms with Crippen molar-refractivity contribution in [1.82, 2.24) is 15.1 Å². The van der Waals surface area contributed by atoms with Crippen LogP contribution in [0.2, 0.25) is 0 Å². The third-order valence-electron chi connectivity index (χ3n) is 4.45. The van der Waals surface area contributed by atoms with E-state index in [2.05, 4.69) is 25.5 Å². The van der Waals surface area contributed by atoms with Crippen LogP contribution in [0.15, 0.2) is 31.8 Å². The number of carbonyl (C=O) groups excluding carboxylic acids is 3. The Morgan fingerprint density at radius 2 is 2.09 bits per heavy atom. The first-order valence-electron chi connectivity index (χ1n) is 9.41. The zero-order chi connectivity index (χ0) is 22.8. The number of amidine groups is 2. The zero-order valence-electron chi connectivity index (χ0n) is 17.3. The highest BCUT2D eigenvalue weighted by atomic mass is 32.2. The summed E-state index contributed by atoms with van der Waals surface area (Å²) in [6.45, 7) is 2.01. The summed E-state index contributed by atoms with van der Waals surface area (Å²) >= 11 is 5.46. The van der Waals surface area contributed by atoms with Crippen LogP contribution in [0, 0.1) is 5.92 Å². The minimum absolute atomic E-state index is 0.0187. The van der Waals surface area contributed by atoms with Gasteiger partial charge < -0.3 is 0 Å². The van der Waals surface area contributed by atoms with Crippen LogP contribution in [0.25, 0.3) is 0 Å². The fourth-order valence-corrected chi connectivity index (χ4v) is 6.14. The number of aliphatic imine (C=N–C) groups is 2. The molecule has 2 aromatic rings. The number of thioether (sulfide) groups is 2. The second-order valence-electron chi connectivity index (χ2n) is 6.54. The van der Waals surface area contributed by atoms with Gasteiger partial charge in [0.2, 0.25) is 16.9 Å². The Morgan fingerprint density at radius 3 is 2.81 bits per heavy atom. The number of rotatable bonds is 6. The Balaban J connectivity index is 1.56. The quantitative estimate of drug-likeness (QED) is 0.362. The van der Waals surface area contributed by atoms with Gasteiger partial charge in [0.15, 0.2) is 10.3 Å². The minimum Gasteiger partial charge on any atom is -0.300 e. The van der Waals surface area contributed by atoms with Gasteiger partial charge in [-0.05, 0) is 17.2 Å². The molecule has 0 spiro atoms. The molecule has 1 N–H and O–H groups in total. The van der Waals surface area contributed by atoms with Gasteiger partial charge in [-0.3, -0.25) is 14.9 Å². The number of imide groups is 1. The Hall–Kier alpha value is -2.42. The van der Waals surface area contributed by atoms with E-state index in [0.29, 0.717) is 21.8 Å². The molecule has 10 nitrogen and oxygen atoms in total. The van der Waals surface area contributed by atoms with E-state index in [1.807, 2.05) is 24.4 Å². The number of carbonyl (C=O) groups is 3. The second kappa shape index (κ2) is 9.60. The van der Waals surface area contributed by atoms with Crippen LogP contribution in [0.5, 0.6) is 0 Å². The SMILES string of the molecule is CCSc1nnc(NC(=O)CSC2=NC(c3cccs3)=NC3=[N+](C)C(=O)N(C)C(=O)C23)s1. The van der Waals surface area contributed by atoms with Crippen molar-refractivity contribution in [3.8, 4) is 0 Å². The third kappa shape index (κ3) is 4.53. The number of hydrogen-bond donors (Lipinski definition) is 1. The number of fused-ring (bicyclic) bond motifs is 1. The number of urea groups is 1. The summed E-state index contributed by atoms with van der Waals surface area (Å²) in [5, 5.41) is 13.5. The highest BCUT2D eigenvalue weighted by Crippen LogP contribution is 2.28. The fourth-order valence-electron chi connectivity index (χ4n) is 2.94. The lowest BCUT2D eigenvalue weighted by Gasteiger charge is -2.26. The van der Waals surface area contributed by atoms with E-state index in [1.165, 1.54) is 34.3 Å². The number of aromatic nitrogens is 2. The fraction of sp³-hybridized carbons (Fsp3) is 0.333. The Bertz CT molecular complexity index is 1170. The minimum atomic E-state index is -0.835. The van der Waals surface area contributed by atoms with Crippen molar-refractivity contribution in [1.29, 1.82) is 0 Å². The number of thiophene rings is 1. The van der Waals surface area contributed by atoms with E-state index in [1.54, 1.807) is 18.8 Å². The first kappa shape index (κ1) is 22.8. The summed E-state index contributed by atoms with van der Waals surface area (Å²) in [5.74, 6) is 0.0648. The molecule has 4 rings (SSSR count). The van der Waals surface area contributed by atoms with Crippen molar-refractivity contribution in [2.45, 2.75) is 11.3 Å². The predicted molar refractivity (Wildman–Crippen MR) is 129 cm³/mol. The summed E-state index contributed by atoms with van der Waals surface area (Å²) < 4.78 is 2.13. The maximum absolute atomic E-state index is 12.9. The molecule has 166 valence electrons. The maximum Gasteiger partial charge on any atom is 0.445 e. The van der Waals surface area contributed by atoms with Gasteiger partial charge >= 0.3 is 11.9 Å². The molecule has 4 heterocycles. The molecule has 1 unspecified atom stereocenters. The van der Waals surface area contributed by atoms with Crippen LogP contribution in [0.3, 0.4) is 0 Å². The lowest BCUT2D eigenvalue weighted by molar-refractivity contribution is -0.407. The molecule has 0 aromatic carbocycles. The van der Waals surface area contributed by atoms with Gasteiger partial charge in [0.25, 0.3) is 5.84 Å². The molecule has 2 aromatic heterocycles. The van der Waals surface area contributed by atoms with Crippen LogP contribution in [-0.4, -0.2) is 79.8 Å². The van der Waals surface area contributed by atoms with E-state index < -0.39 is 17.9 Å². The lowest BCUT2D eigenvalue weighted by Crippen LogP contribution is -2.54. The van der Waals surface area contributed by atoms with Crippen LogP contribution in [0.4, 0.5) is 9.93 Å². The molecule has 0 radical (unpaired) electrons. The van der Waals surface area contributed by atoms with E-state index in [4.69, 9.17) is 0 Å². The number of nitrogens with zero attached hydrogens (tertiary/aromatic N) is 6. The van der Waals surface area contributed by atoms with E-state index in [0.717, 1.165) is 31.6 Å². The first-order valence-corrected chi connectivity index (χ1v) is 13.1. The third-order valence-corrected chi connectivity index (χ3v) is 8.20. The highest BCUT2D eigenvalue weighted by molar-refractivity contribution is 8.14. The zero-order valence-corrected chi connectivity index (χ0v) is 20.5. The Labute approximate surface area is 199 Å². The second-order valence-corrected chi connectivity index (χ2v) is 11.0. The topological polar surface area (TPSA) is 120 Å². The van der Waals surface area contributed by atoms with Gasteiger partial charge in [0.05, 0.1) is 24.7 Å². The average Bonchev–Trinajstić information content (AvgIpc) is 3.47. The van der Waals surface area contributed by atoms with E-state index >= 15 is 0 Å². The van der Waals surface area contributed by atoms with Gasteiger partial charge in [0.1, 0.15) is 5.04 Å². The number of hydrogen-bond acceptors (Lipinski definition) is 11. The average molecular weight is 509 g/mol. The Morgan fingerprint density at radius 1 is 1.28 bits per heavy atom. The van der Waals surface area contributed by atoms with Crippen LogP contribution >= 0.6 is 46.2 Å². The Kier molecular flexibility index (Phi) is 6.83. The highest BCUT2D eigenvalue weighted by Gasteiger charge is 2.49. The van der Waals surface area contributed by atoms with Gasteiger partial charge in [-0.2, -0.15) is 9.48 Å². The monoisotopic (exact) mass is 508 g/mol. The number of anilines is 1. The van der Waals surface area contributed by atoms with Crippen LogP contribution in [0.1, 0.15) is 11.8 Å².